The predicted molar refractivity (Wildman–Crippen MR) is 106 cm³/mol. The van der Waals surface area contributed by atoms with Gasteiger partial charge in [0.25, 0.3) is 5.91 Å². The Labute approximate surface area is 163 Å². The van der Waals surface area contributed by atoms with Crippen molar-refractivity contribution < 1.29 is 19.1 Å². The lowest BCUT2D eigenvalue weighted by molar-refractivity contribution is -0.149. The van der Waals surface area contributed by atoms with Crippen molar-refractivity contribution >= 4 is 29.5 Å². The molecular weight excluding hydrogens is 362 g/mol. The Morgan fingerprint density at radius 1 is 0.963 bits per heavy atom. The van der Waals surface area contributed by atoms with E-state index in [1.54, 1.807) is 23.9 Å². The number of rotatable bonds is 8. The summed E-state index contributed by atoms with van der Waals surface area (Å²) in [4.78, 5) is 36.3. The van der Waals surface area contributed by atoms with Crippen molar-refractivity contribution in [1.29, 1.82) is 0 Å². The van der Waals surface area contributed by atoms with Crippen LogP contribution in [0, 0.1) is 13.8 Å². The van der Waals surface area contributed by atoms with E-state index in [2.05, 4.69) is 18.3 Å². The SMILES string of the molecule is Cc1ccc(SCCC(=O)OCC(=O)NC(=O)Cc2ccccc2)cc1C. The number of benzene rings is 2. The topological polar surface area (TPSA) is 72.5 Å². The van der Waals surface area contributed by atoms with Crippen LogP contribution in [0.5, 0.6) is 0 Å². The minimum atomic E-state index is -0.619. The molecule has 0 atom stereocenters. The van der Waals surface area contributed by atoms with Gasteiger partial charge in [0.2, 0.25) is 5.91 Å². The van der Waals surface area contributed by atoms with Crippen LogP contribution >= 0.6 is 11.8 Å². The van der Waals surface area contributed by atoms with Crippen LogP contribution in [0.2, 0.25) is 0 Å². The van der Waals surface area contributed by atoms with Crippen LogP contribution in [0.15, 0.2) is 53.4 Å². The number of hydrogen-bond acceptors (Lipinski definition) is 5. The first-order valence-corrected chi connectivity index (χ1v) is 9.65. The molecule has 0 aliphatic heterocycles. The fourth-order valence-corrected chi connectivity index (χ4v) is 3.22. The van der Waals surface area contributed by atoms with E-state index in [-0.39, 0.29) is 12.8 Å². The van der Waals surface area contributed by atoms with Crippen LogP contribution < -0.4 is 5.32 Å². The van der Waals surface area contributed by atoms with Crippen LogP contribution in [-0.4, -0.2) is 30.1 Å². The molecule has 0 aromatic heterocycles. The molecule has 0 aliphatic rings. The molecular formula is C21H23NO4S. The molecule has 6 heteroatoms. The zero-order valence-corrected chi connectivity index (χ0v) is 16.3. The molecule has 0 radical (unpaired) electrons. The van der Waals surface area contributed by atoms with Gasteiger partial charge in [-0.25, -0.2) is 0 Å². The fraction of sp³-hybridized carbons (Fsp3) is 0.286. The summed E-state index contributed by atoms with van der Waals surface area (Å²) in [7, 11) is 0. The highest BCUT2D eigenvalue weighted by molar-refractivity contribution is 7.99. The normalized spacial score (nSPS) is 10.3. The molecule has 142 valence electrons. The van der Waals surface area contributed by atoms with E-state index in [9.17, 15) is 14.4 Å². The lowest BCUT2D eigenvalue weighted by atomic mass is 10.1. The van der Waals surface area contributed by atoms with Gasteiger partial charge in [0, 0.05) is 10.6 Å². The van der Waals surface area contributed by atoms with Gasteiger partial charge in [0.15, 0.2) is 6.61 Å². The van der Waals surface area contributed by atoms with Crippen molar-refractivity contribution in [2.45, 2.75) is 31.6 Å². The average molecular weight is 385 g/mol. The lowest BCUT2D eigenvalue weighted by Gasteiger charge is -2.07. The van der Waals surface area contributed by atoms with Gasteiger partial charge in [-0.3, -0.25) is 19.7 Å². The largest absolute Gasteiger partial charge is 0.456 e. The highest BCUT2D eigenvalue weighted by Crippen LogP contribution is 2.21. The Balaban J connectivity index is 1.63. The van der Waals surface area contributed by atoms with Gasteiger partial charge in [-0.15, -0.1) is 11.8 Å². The summed E-state index contributed by atoms with van der Waals surface area (Å²) in [6.07, 6.45) is 0.302. The fourth-order valence-electron chi connectivity index (χ4n) is 2.29. The molecule has 2 amide bonds. The highest BCUT2D eigenvalue weighted by Gasteiger charge is 2.11. The number of ether oxygens (including phenoxy) is 1. The number of carbonyl (C=O) groups is 3. The second kappa shape index (κ2) is 10.5. The van der Waals surface area contributed by atoms with Crippen molar-refractivity contribution in [2.75, 3.05) is 12.4 Å². The first kappa shape index (κ1) is 20.7. The molecule has 0 bridgehead atoms. The van der Waals surface area contributed by atoms with Crippen molar-refractivity contribution in [2.24, 2.45) is 0 Å². The highest BCUT2D eigenvalue weighted by atomic mass is 32.2. The molecule has 2 aromatic rings. The predicted octanol–water partition coefficient (Wildman–Crippen LogP) is 3.21. The first-order chi connectivity index (χ1) is 12.9. The molecule has 0 fully saturated rings. The van der Waals surface area contributed by atoms with Crippen LogP contribution in [0.3, 0.4) is 0 Å². The molecule has 0 unspecified atom stereocenters. The molecule has 27 heavy (non-hydrogen) atoms. The summed E-state index contributed by atoms with van der Waals surface area (Å²) >= 11 is 1.56. The Morgan fingerprint density at radius 3 is 2.41 bits per heavy atom. The third-order valence-electron chi connectivity index (χ3n) is 3.90. The number of nitrogens with one attached hydrogen (secondary N) is 1. The van der Waals surface area contributed by atoms with Crippen molar-refractivity contribution in [1.82, 2.24) is 5.32 Å². The van der Waals surface area contributed by atoms with Crippen molar-refractivity contribution in [3.8, 4) is 0 Å². The van der Waals surface area contributed by atoms with Gasteiger partial charge in [-0.1, -0.05) is 36.4 Å². The monoisotopic (exact) mass is 385 g/mol. The first-order valence-electron chi connectivity index (χ1n) is 8.66. The smallest absolute Gasteiger partial charge is 0.307 e. The number of esters is 1. The summed E-state index contributed by atoms with van der Waals surface area (Å²) in [5.74, 6) is -0.939. The van der Waals surface area contributed by atoms with E-state index in [1.807, 2.05) is 37.3 Å². The van der Waals surface area contributed by atoms with Gasteiger partial charge >= 0.3 is 5.97 Å². The summed E-state index contributed by atoms with van der Waals surface area (Å²) in [6, 6.07) is 15.2. The summed E-state index contributed by atoms with van der Waals surface area (Å²) in [5.41, 5.74) is 3.24. The lowest BCUT2D eigenvalue weighted by Crippen LogP contribution is -2.35. The van der Waals surface area contributed by atoms with E-state index in [0.717, 1.165) is 10.5 Å². The summed E-state index contributed by atoms with van der Waals surface area (Å²) in [6.45, 7) is 3.65. The third kappa shape index (κ3) is 7.66. The maximum atomic E-state index is 11.8. The van der Waals surface area contributed by atoms with Crippen molar-refractivity contribution in [3.05, 3.63) is 65.2 Å². The molecule has 0 heterocycles. The van der Waals surface area contributed by atoms with Crippen LogP contribution in [0.1, 0.15) is 23.1 Å². The molecule has 2 aromatic carbocycles. The van der Waals surface area contributed by atoms with Gasteiger partial charge in [-0.2, -0.15) is 0 Å². The zero-order chi connectivity index (χ0) is 19.6. The number of hydrogen-bond donors (Lipinski definition) is 1. The molecule has 5 nitrogen and oxygen atoms in total. The van der Waals surface area contributed by atoms with Gasteiger partial charge in [-0.05, 0) is 42.7 Å². The molecule has 0 saturated heterocycles. The minimum absolute atomic E-state index is 0.104. The Morgan fingerprint density at radius 2 is 1.70 bits per heavy atom. The van der Waals surface area contributed by atoms with E-state index < -0.39 is 24.4 Å². The zero-order valence-electron chi connectivity index (χ0n) is 15.5. The number of carbonyl (C=O) groups excluding carboxylic acids is 3. The second-order valence-electron chi connectivity index (χ2n) is 6.14. The van der Waals surface area contributed by atoms with Gasteiger partial charge in [0.05, 0.1) is 12.8 Å². The van der Waals surface area contributed by atoms with Crippen molar-refractivity contribution in [3.63, 3.8) is 0 Å². The maximum absolute atomic E-state index is 11.8. The molecule has 1 N–H and O–H groups in total. The van der Waals surface area contributed by atoms with Gasteiger partial charge < -0.3 is 4.74 Å². The summed E-state index contributed by atoms with van der Waals surface area (Å²) in [5, 5.41) is 2.22. The molecule has 0 saturated carbocycles. The Hall–Kier alpha value is -2.60. The summed E-state index contributed by atoms with van der Waals surface area (Å²) < 4.78 is 4.92. The number of imide groups is 1. The Kier molecular flexibility index (Phi) is 8.07. The minimum Gasteiger partial charge on any atom is -0.456 e. The van der Waals surface area contributed by atoms with E-state index in [1.165, 1.54) is 11.1 Å². The van der Waals surface area contributed by atoms with Crippen LogP contribution in [0.4, 0.5) is 0 Å². The van der Waals surface area contributed by atoms with E-state index >= 15 is 0 Å². The van der Waals surface area contributed by atoms with Gasteiger partial charge in [0.1, 0.15) is 0 Å². The molecule has 2 rings (SSSR count). The number of thioether (sulfide) groups is 1. The standard InChI is InChI=1S/C21H23NO4S/c1-15-8-9-18(12-16(15)2)27-11-10-21(25)26-14-20(24)22-19(23)13-17-6-4-3-5-7-17/h3-9,12H,10-11,13-14H2,1-2H3,(H,22,23,24). The molecule has 0 spiro atoms. The quantitative estimate of drug-likeness (QED) is 0.558. The van der Waals surface area contributed by atoms with Crippen LogP contribution in [-0.2, 0) is 25.5 Å². The second-order valence-corrected chi connectivity index (χ2v) is 7.31. The maximum Gasteiger partial charge on any atom is 0.307 e. The van der Waals surface area contributed by atoms with E-state index in [0.29, 0.717) is 5.75 Å². The van der Waals surface area contributed by atoms with Crippen LogP contribution in [0.25, 0.3) is 0 Å². The Bertz CT molecular complexity index is 805. The van der Waals surface area contributed by atoms with E-state index in [4.69, 9.17) is 4.74 Å². The molecule has 0 aliphatic carbocycles. The number of amides is 2. The third-order valence-corrected chi connectivity index (χ3v) is 4.90. The average Bonchev–Trinajstić information content (AvgIpc) is 2.63. The number of aryl methyl sites for hydroxylation is 2.